The minimum Gasteiger partial charge on any atom is -0.507 e. The second kappa shape index (κ2) is 8.43. The maximum absolute atomic E-state index is 13.1. The number of aliphatic hydroxyl groups excluding tert-OH is 1. The predicted octanol–water partition coefficient (Wildman–Crippen LogP) is 5.30. The van der Waals surface area contributed by atoms with E-state index < -0.39 is 0 Å². The molecule has 0 atom stereocenters. The first-order valence-corrected chi connectivity index (χ1v) is 10.8. The molecular weight excluding hydrogens is 414 g/mol. The van der Waals surface area contributed by atoms with Crippen LogP contribution >= 0.6 is 0 Å². The highest BCUT2D eigenvalue weighted by Crippen LogP contribution is 2.42. The van der Waals surface area contributed by atoms with E-state index in [1.54, 1.807) is 26.4 Å². The molecule has 3 aromatic carbocycles. The summed E-state index contributed by atoms with van der Waals surface area (Å²) >= 11 is 0. The Morgan fingerprint density at radius 2 is 1.48 bits per heavy atom. The lowest BCUT2D eigenvalue weighted by atomic mass is 9.96. The number of benzene rings is 3. The zero-order valence-corrected chi connectivity index (χ0v) is 18.5. The molecule has 0 unspecified atom stereocenters. The van der Waals surface area contributed by atoms with Crippen molar-refractivity contribution in [1.29, 1.82) is 0 Å². The zero-order valence-electron chi connectivity index (χ0n) is 18.5. The summed E-state index contributed by atoms with van der Waals surface area (Å²) in [7, 11) is 3.24. The standard InChI is InChI=1S/C28H23NO4/c1-32-24-12-11-17(15-25(24)33-2)13-14-29-23-16-22(18-7-3-4-8-19(18)23)26-27(30)20-9-5-6-10-21(20)28(26)31/h3-12,15-16,30H,13-14H2,1-2H3. The Hall–Kier alpha value is -4.12. The van der Waals surface area contributed by atoms with E-state index in [0.29, 0.717) is 40.3 Å². The Morgan fingerprint density at radius 1 is 0.818 bits per heavy atom. The van der Waals surface area contributed by atoms with Gasteiger partial charge in [0.15, 0.2) is 17.3 Å². The maximum atomic E-state index is 13.1. The van der Waals surface area contributed by atoms with Crippen molar-refractivity contribution in [2.45, 2.75) is 6.42 Å². The van der Waals surface area contributed by atoms with Crippen LogP contribution in [0.3, 0.4) is 0 Å². The monoisotopic (exact) mass is 437 g/mol. The number of allylic oxidation sites excluding steroid dienone is 3. The predicted molar refractivity (Wildman–Crippen MR) is 129 cm³/mol. The molecule has 164 valence electrons. The van der Waals surface area contributed by atoms with Gasteiger partial charge >= 0.3 is 0 Å². The van der Waals surface area contributed by atoms with E-state index in [-0.39, 0.29) is 11.5 Å². The Labute approximate surface area is 192 Å². The molecule has 5 heteroatoms. The van der Waals surface area contributed by atoms with Crippen molar-refractivity contribution in [2.24, 2.45) is 4.99 Å². The van der Waals surface area contributed by atoms with Crippen molar-refractivity contribution >= 4 is 22.8 Å². The van der Waals surface area contributed by atoms with Gasteiger partial charge in [-0.2, -0.15) is 0 Å². The number of fused-ring (bicyclic) bond motifs is 2. The molecule has 2 aliphatic rings. The highest BCUT2D eigenvalue weighted by molar-refractivity contribution is 6.33. The van der Waals surface area contributed by atoms with E-state index in [2.05, 4.69) is 0 Å². The van der Waals surface area contributed by atoms with Crippen LogP contribution in [0.15, 0.2) is 83.4 Å². The van der Waals surface area contributed by atoms with Crippen LogP contribution in [0.4, 0.5) is 0 Å². The van der Waals surface area contributed by atoms with E-state index in [0.717, 1.165) is 28.8 Å². The van der Waals surface area contributed by atoms with Gasteiger partial charge in [0.25, 0.3) is 0 Å². The van der Waals surface area contributed by atoms with Crippen LogP contribution in [-0.4, -0.2) is 37.4 Å². The van der Waals surface area contributed by atoms with Gasteiger partial charge in [-0.1, -0.05) is 54.6 Å². The normalized spacial score (nSPS) is 15.5. The summed E-state index contributed by atoms with van der Waals surface area (Å²) in [4.78, 5) is 17.9. The van der Waals surface area contributed by atoms with Gasteiger partial charge in [-0.05, 0) is 41.3 Å². The first kappa shape index (κ1) is 20.8. The number of hydrogen-bond donors (Lipinski definition) is 1. The second-order valence-corrected chi connectivity index (χ2v) is 7.91. The van der Waals surface area contributed by atoms with Crippen LogP contribution in [-0.2, 0) is 6.42 Å². The van der Waals surface area contributed by atoms with Crippen molar-refractivity contribution in [3.8, 4) is 11.5 Å². The minimum absolute atomic E-state index is 0.0308. The quantitative estimate of drug-likeness (QED) is 0.568. The first-order valence-electron chi connectivity index (χ1n) is 10.8. The van der Waals surface area contributed by atoms with Crippen molar-refractivity contribution < 1.29 is 19.4 Å². The van der Waals surface area contributed by atoms with Crippen molar-refractivity contribution in [2.75, 3.05) is 20.8 Å². The lowest BCUT2D eigenvalue weighted by Gasteiger charge is -2.09. The average Bonchev–Trinajstić information content (AvgIpc) is 3.33. The first-order chi connectivity index (χ1) is 16.1. The molecule has 3 aromatic rings. The molecule has 0 spiro atoms. The molecule has 0 bridgehead atoms. The molecule has 0 radical (unpaired) electrons. The number of carbonyl (C=O) groups excluding carboxylic acids is 1. The number of nitrogens with zero attached hydrogens (tertiary/aromatic N) is 1. The molecular formula is C28H23NO4. The van der Waals surface area contributed by atoms with E-state index in [1.807, 2.05) is 60.7 Å². The van der Waals surface area contributed by atoms with Crippen molar-refractivity contribution in [3.05, 3.63) is 106 Å². The van der Waals surface area contributed by atoms with Gasteiger partial charge in [-0.25, -0.2) is 0 Å². The average molecular weight is 437 g/mol. The Balaban J connectivity index is 1.46. The Morgan fingerprint density at radius 3 is 2.18 bits per heavy atom. The molecule has 0 amide bonds. The summed E-state index contributed by atoms with van der Waals surface area (Å²) in [6.45, 7) is 0.572. The summed E-state index contributed by atoms with van der Waals surface area (Å²) in [5, 5.41) is 10.9. The number of hydrogen-bond acceptors (Lipinski definition) is 5. The highest BCUT2D eigenvalue weighted by Gasteiger charge is 2.35. The van der Waals surface area contributed by atoms with Crippen molar-refractivity contribution in [3.63, 3.8) is 0 Å². The van der Waals surface area contributed by atoms with E-state index in [1.165, 1.54) is 0 Å². The largest absolute Gasteiger partial charge is 0.507 e. The van der Waals surface area contributed by atoms with Crippen LogP contribution < -0.4 is 9.47 Å². The summed E-state index contributed by atoms with van der Waals surface area (Å²) < 4.78 is 10.7. The number of ether oxygens (including phenoxy) is 2. The topological polar surface area (TPSA) is 68.1 Å². The summed E-state index contributed by atoms with van der Waals surface area (Å²) in [5.41, 5.74) is 5.94. The molecule has 0 aliphatic heterocycles. The lowest BCUT2D eigenvalue weighted by molar-refractivity contribution is 0.104. The molecule has 0 saturated heterocycles. The molecule has 0 saturated carbocycles. The molecule has 0 heterocycles. The van der Waals surface area contributed by atoms with Crippen molar-refractivity contribution in [1.82, 2.24) is 0 Å². The van der Waals surface area contributed by atoms with Gasteiger partial charge in [-0.3, -0.25) is 9.79 Å². The van der Waals surface area contributed by atoms with Gasteiger partial charge in [-0.15, -0.1) is 0 Å². The van der Waals surface area contributed by atoms with Gasteiger partial charge in [0, 0.05) is 23.2 Å². The molecule has 5 nitrogen and oxygen atoms in total. The summed E-state index contributed by atoms with van der Waals surface area (Å²) in [5.74, 6) is 1.26. The van der Waals surface area contributed by atoms with E-state index in [9.17, 15) is 9.90 Å². The third-order valence-electron chi connectivity index (χ3n) is 6.06. The SMILES string of the molecule is COc1ccc(CCN=C2C=C(C3=C(O)c4ccccc4C3=O)c3ccccc32)cc1OC. The second-order valence-electron chi connectivity index (χ2n) is 7.91. The van der Waals surface area contributed by atoms with Crippen LogP contribution in [0.5, 0.6) is 11.5 Å². The number of methoxy groups -OCH3 is 2. The fourth-order valence-electron chi connectivity index (χ4n) is 4.43. The molecule has 0 aromatic heterocycles. The number of aliphatic imine (C=N–C) groups is 1. The molecule has 33 heavy (non-hydrogen) atoms. The third-order valence-corrected chi connectivity index (χ3v) is 6.06. The number of rotatable bonds is 6. The zero-order chi connectivity index (χ0) is 22.9. The smallest absolute Gasteiger partial charge is 0.198 e. The lowest BCUT2D eigenvalue weighted by Crippen LogP contribution is -2.00. The van der Waals surface area contributed by atoms with Gasteiger partial charge in [0.05, 0.1) is 25.5 Å². The Kier molecular flexibility index (Phi) is 5.31. The molecule has 0 fully saturated rings. The Bertz CT molecular complexity index is 1360. The number of Topliss-reactive ketones (excluding diaryl/α,β-unsaturated/α-hetero) is 1. The van der Waals surface area contributed by atoms with Crippen LogP contribution in [0.1, 0.15) is 32.6 Å². The fourth-order valence-corrected chi connectivity index (χ4v) is 4.43. The van der Waals surface area contributed by atoms with Gasteiger partial charge in [0.2, 0.25) is 0 Å². The molecule has 2 aliphatic carbocycles. The van der Waals surface area contributed by atoms with E-state index in [4.69, 9.17) is 14.5 Å². The van der Waals surface area contributed by atoms with E-state index >= 15 is 0 Å². The molecule has 5 rings (SSSR count). The summed E-state index contributed by atoms with van der Waals surface area (Å²) in [6, 6.07) is 20.9. The molecule has 1 N–H and O–H groups in total. The van der Waals surface area contributed by atoms with Crippen LogP contribution in [0.25, 0.3) is 11.3 Å². The highest BCUT2D eigenvalue weighted by atomic mass is 16.5. The third kappa shape index (κ3) is 3.52. The maximum Gasteiger partial charge on any atom is 0.198 e. The minimum atomic E-state index is -0.157. The number of carbonyl (C=O) groups is 1. The fraction of sp³-hybridized carbons (Fsp3) is 0.143. The summed E-state index contributed by atoms with van der Waals surface area (Å²) in [6.07, 6.45) is 2.64. The van der Waals surface area contributed by atoms with Gasteiger partial charge in [0.1, 0.15) is 5.76 Å². The van der Waals surface area contributed by atoms with Crippen LogP contribution in [0, 0.1) is 0 Å². The van der Waals surface area contributed by atoms with Gasteiger partial charge < -0.3 is 14.6 Å². The number of aliphatic hydroxyl groups is 1. The van der Waals surface area contributed by atoms with Crippen LogP contribution in [0.2, 0.25) is 0 Å². The number of ketones is 1.